The number of halogens is 3. The normalized spacial score (nSPS) is 16.7. The van der Waals surface area contributed by atoms with Crippen molar-refractivity contribution in [2.24, 2.45) is 5.92 Å². The van der Waals surface area contributed by atoms with Crippen LogP contribution in [0.1, 0.15) is 63.3 Å². The van der Waals surface area contributed by atoms with E-state index in [-0.39, 0.29) is 68.3 Å². The molecule has 47 heavy (non-hydrogen) atoms. The van der Waals surface area contributed by atoms with Gasteiger partial charge in [-0.3, -0.25) is 19.2 Å². The van der Waals surface area contributed by atoms with Gasteiger partial charge in [0.2, 0.25) is 0 Å². The Bertz CT molecular complexity index is 1830. The minimum absolute atomic E-state index is 0.0385. The second kappa shape index (κ2) is 16.3. The molecule has 248 valence electrons. The number of nitriles is 1. The molecule has 1 saturated carbocycles. The third-order valence-electron chi connectivity index (χ3n) is 7.29. The predicted octanol–water partition coefficient (Wildman–Crippen LogP) is 6.13. The molecule has 1 amide bonds. The summed E-state index contributed by atoms with van der Waals surface area (Å²) in [7, 11) is -3.64. The van der Waals surface area contributed by atoms with E-state index in [0.29, 0.717) is 24.3 Å². The number of carbonyl (C=O) groups is 4. The van der Waals surface area contributed by atoms with Crippen molar-refractivity contribution in [3.63, 3.8) is 0 Å². The molecule has 1 aromatic heterocycles. The Hall–Kier alpha value is -3.22. The van der Waals surface area contributed by atoms with Gasteiger partial charge in [0, 0.05) is 36.8 Å². The molecule has 11 nitrogen and oxygen atoms in total. The van der Waals surface area contributed by atoms with E-state index in [1.165, 1.54) is 12.1 Å². The van der Waals surface area contributed by atoms with Crippen LogP contribution in [0.25, 0.3) is 0 Å². The van der Waals surface area contributed by atoms with Crippen LogP contribution in [-0.2, 0) is 35.5 Å². The van der Waals surface area contributed by atoms with E-state index >= 15 is 0 Å². The molecule has 1 unspecified atom stereocenters. The number of nitrogens with zero attached hydrogens (tertiary/aromatic N) is 2. The number of aromatic nitrogens is 1. The number of ether oxygens (including phenoxy) is 2. The zero-order valence-corrected chi connectivity index (χ0v) is 28.8. The molecule has 2 aliphatic rings. The molecule has 2 fully saturated rings. The lowest BCUT2D eigenvalue weighted by Crippen LogP contribution is -2.35. The number of hydrogen-bond donors (Lipinski definition) is 1. The standard InChI is InChI=1S/C20H23ClO7S.C11H5Cl2N3OS/c1-29(25,26)17-8-7-13(20(24)18-15(22)5-2-6-16(18)23)19(21)14(17)11-27-10-12-4-3-9-28-12;12-8-9(18-16-10(8)13)11(17)15-7-4-2-1-3-6(7)5-14/h7-8,12,18H,2-6,9-11H2,1H3;1-4H,(H,15,17). The second-order valence-corrected chi connectivity index (χ2v) is 14.5. The lowest BCUT2D eigenvalue weighted by Gasteiger charge is -2.20. The van der Waals surface area contributed by atoms with Crippen molar-refractivity contribution in [1.82, 2.24) is 4.37 Å². The molecule has 1 N–H and O–H groups in total. The Kier molecular flexibility index (Phi) is 12.7. The minimum Gasteiger partial charge on any atom is -0.376 e. The van der Waals surface area contributed by atoms with E-state index in [2.05, 4.69) is 9.69 Å². The number of anilines is 1. The quantitative estimate of drug-likeness (QED) is 0.199. The molecule has 0 spiro atoms. The highest BCUT2D eigenvalue weighted by molar-refractivity contribution is 7.90. The first-order chi connectivity index (χ1) is 22.3. The van der Waals surface area contributed by atoms with E-state index in [0.717, 1.165) is 30.6 Å². The summed E-state index contributed by atoms with van der Waals surface area (Å²) >= 11 is 18.8. The maximum absolute atomic E-state index is 12.9. The van der Waals surface area contributed by atoms with E-state index in [9.17, 15) is 27.6 Å². The molecule has 1 saturated heterocycles. The average Bonchev–Trinajstić information content (AvgIpc) is 3.67. The van der Waals surface area contributed by atoms with Gasteiger partial charge in [0.1, 0.15) is 21.9 Å². The van der Waals surface area contributed by atoms with Crippen LogP contribution in [0.15, 0.2) is 41.3 Å². The summed E-state index contributed by atoms with van der Waals surface area (Å²) < 4.78 is 39.2. The number of ketones is 3. The number of nitrogens with one attached hydrogen (secondary N) is 1. The van der Waals surface area contributed by atoms with Crippen LogP contribution in [0.2, 0.25) is 15.2 Å². The van der Waals surface area contributed by atoms with E-state index in [1.807, 2.05) is 6.07 Å². The maximum Gasteiger partial charge on any atom is 0.269 e. The Balaban J connectivity index is 0.000000238. The maximum atomic E-state index is 12.9. The van der Waals surface area contributed by atoms with Crippen molar-refractivity contribution in [2.45, 2.75) is 49.7 Å². The fourth-order valence-corrected chi connectivity index (χ4v) is 7.37. The van der Waals surface area contributed by atoms with Gasteiger partial charge >= 0.3 is 0 Å². The smallest absolute Gasteiger partial charge is 0.269 e. The van der Waals surface area contributed by atoms with E-state index in [1.54, 1.807) is 24.3 Å². The summed E-state index contributed by atoms with van der Waals surface area (Å²) in [5.41, 5.74) is 0.903. The molecular formula is C31H28Cl3N3O8S2. The van der Waals surface area contributed by atoms with Gasteiger partial charge in [-0.25, -0.2) is 8.42 Å². The molecule has 16 heteroatoms. The van der Waals surface area contributed by atoms with Crippen LogP contribution in [0.5, 0.6) is 0 Å². The molecule has 2 aromatic carbocycles. The van der Waals surface area contributed by atoms with Crippen LogP contribution >= 0.6 is 46.3 Å². The predicted molar refractivity (Wildman–Crippen MR) is 176 cm³/mol. The van der Waals surface area contributed by atoms with Crippen molar-refractivity contribution in [1.29, 1.82) is 5.26 Å². The first-order valence-electron chi connectivity index (χ1n) is 14.2. The molecule has 1 aliphatic heterocycles. The molecule has 3 aromatic rings. The van der Waals surface area contributed by atoms with Gasteiger partial charge < -0.3 is 14.8 Å². The summed E-state index contributed by atoms with van der Waals surface area (Å²) in [5.74, 6) is -3.35. The number of Topliss-reactive ketones (excluding diaryl/α,β-unsaturated/α-hetero) is 3. The average molecular weight is 741 g/mol. The van der Waals surface area contributed by atoms with Gasteiger partial charge in [-0.15, -0.1) is 0 Å². The Labute approximate surface area is 290 Å². The lowest BCUT2D eigenvalue weighted by molar-refractivity contribution is -0.133. The summed E-state index contributed by atoms with van der Waals surface area (Å²) in [6, 6.07) is 11.2. The van der Waals surface area contributed by atoms with Crippen molar-refractivity contribution in [2.75, 3.05) is 24.8 Å². The molecule has 5 rings (SSSR count). The highest BCUT2D eigenvalue weighted by Gasteiger charge is 2.38. The summed E-state index contributed by atoms with van der Waals surface area (Å²) in [4.78, 5) is 49.3. The molecular weight excluding hydrogens is 713 g/mol. The van der Waals surface area contributed by atoms with Crippen LogP contribution in [0.3, 0.4) is 0 Å². The SMILES string of the molecule is CS(=O)(=O)c1ccc(C(=O)C2C(=O)CCCC2=O)c(Cl)c1COCC1CCCO1.N#Cc1ccccc1NC(=O)c1snc(Cl)c1Cl. The van der Waals surface area contributed by atoms with Crippen LogP contribution in [0, 0.1) is 17.2 Å². The number of rotatable bonds is 9. The van der Waals surface area contributed by atoms with Gasteiger partial charge in [-0.1, -0.05) is 46.9 Å². The van der Waals surface area contributed by atoms with Crippen molar-refractivity contribution < 1.29 is 37.1 Å². The van der Waals surface area contributed by atoms with Gasteiger partial charge in [-0.05, 0) is 55.1 Å². The van der Waals surface area contributed by atoms with Crippen molar-refractivity contribution in [3.05, 3.63) is 73.2 Å². The van der Waals surface area contributed by atoms with Crippen LogP contribution in [0.4, 0.5) is 5.69 Å². The number of hydrogen-bond acceptors (Lipinski definition) is 11. The zero-order valence-electron chi connectivity index (χ0n) is 24.9. The Morgan fingerprint density at radius 2 is 1.79 bits per heavy atom. The van der Waals surface area contributed by atoms with Gasteiger partial charge in [0.05, 0.1) is 40.5 Å². The van der Waals surface area contributed by atoms with Gasteiger partial charge in [-0.2, -0.15) is 9.64 Å². The third kappa shape index (κ3) is 9.03. The highest BCUT2D eigenvalue weighted by Crippen LogP contribution is 2.33. The highest BCUT2D eigenvalue weighted by atomic mass is 35.5. The fraction of sp³-hybridized carbons (Fsp3) is 0.355. The molecule has 2 heterocycles. The van der Waals surface area contributed by atoms with E-state index < -0.39 is 39.0 Å². The lowest BCUT2D eigenvalue weighted by atomic mass is 9.81. The second-order valence-electron chi connectivity index (χ2n) is 10.6. The summed E-state index contributed by atoms with van der Waals surface area (Å²) in [5, 5.41) is 11.6. The Morgan fingerprint density at radius 3 is 2.38 bits per heavy atom. The molecule has 1 aliphatic carbocycles. The molecule has 0 radical (unpaired) electrons. The Morgan fingerprint density at radius 1 is 1.09 bits per heavy atom. The first kappa shape index (κ1) is 36.6. The monoisotopic (exact) mass is 739 g/mol. The fourth-order valence-electron chi connectivity index (χ4n) is 4.97. The minimum atomic E-state index is -3.64. The first-order valence-corrected chi connectivity index (χ1v) is 18.0. The number of sulfone groups is 1. The van der Waals surface area contributed by atoms with Crippen LogP contribution < -0.4 is 5.32 Å². The van der Waals surface area contributed by atoms with E-state index in [4.69, 9.17) is 49.5 Å². The van der Waals surface area contributed by atoms with Crippen molar-refractivity contribution >= 4 is 85.1 Å². The van der Waals surface area contributed by atoms with Crippen molar-refractivity contribution in [3.8, 4) is 6.07 Å². The summed E-state index contributed by atoms with van der Waals surface area (Å²) in [6.45, 7) is 0.808. The molecule has 0 bridgehead atoms. The topological polar surface area (TPSA) is 170 Å². The third-order valence-corrected chi connectivity index (χ3v) is 10.7. The zero-order chi connectivity index (χ0) is 34.3. The number of carbonyl (C=O) groups excluding carboxylic acids is 4. The van der Waals surface area contributed by atoms with Crippen LogP contribution in [-0.4, -0.2) is 61.6 Å². The van der Waals surface area contributed by atoms with Gasteiger partial charge in [0.25, 0.3) is 5.91 Å². The molecule has 1 atom stereocenters. The number of para-hydroxylation sites is 1. The summed E-state index contributed by atoms with van der Waals surface area (Å²) in [6.07, 6.45) is 3.55. The largest absolute Gasteiger partial charge is 0.376 e. The van der Waals surface area contributed by atoms with Gasteiger partial charge in [0.15, 0.2) is 32.3 Å². The number of benzene rings is 2. The number of amides is 1.